The van der Waals surface area contributed by atoms with E-state index in [9.17, 15) is 0 Å². The van der Waals surface area contributed by atoms with Crippen molar-refractivity contribution in [1.29, 1.82) is 0 Å². The minimum atomic E-state index is -0.733. The number of alkyl halides is 2. The molecule has 0 aromatic rings. The average molecular weight is 167 g/mol. The molecule has 1 atom stereocenters. The van der Waals surface area contributed by atoms with Crippen LogP contribution in [-0.4, -0.2) is 17.0 Å². The second-order valence-corrected chi connectivity index (χ2v) is 3.66. The van der Waals surface area contributed by atoms with E-state index in [1.807, 2.05) is 0 Å². The maximum atomic E-state index is 5.73. The van der Waals surface area contributed by atoms with Crippen LogP contribution in [0.5, 0.6) is 0 Å². The topological polar surface area (TPSA) is 9.23 Å². The van der Waals surface area contributed by atoms with Crippen molar-refractivity contribution in [1.82, 2.24) is 0 Å². The van der Waals surface area contributed by atoms with Gasteiger partial charge in [-0.3, -0.25) is 0 Å². The first kappa shape index (κ1) is 7.39. The molecule has 0 aromatic heterocycles. The van der Waals surface area contributed by atoms with Crippen molar-refractivity contribution in [2.24, 2.45) is 0 Å². The van der Waals surface area contributed by atoms with Gasteiger partial charge in [-0.1, -0.05) is 29.3 Å². The Morgan fingerprint density at radius 2 is 2.11 bits per heavy atom. The largest absolute Gasteiger partial charge is 0.371 e. The van der Waals surface area contributed by atoms with Gasteiger partial charge in [-0.2, -0.15) is 0 Å². The lowest BCUT2D eigenvalue weighted by molar-refractivity contribution is 0.119. The van der Waals surface area contributed by atoms with E-state index in [0.717, 1.165) is 0 Å². The van der Waals surface area contributed by atoms with Crippen molar-refractivity contribution in [3.05, 3.63) is 12.7 Å². The number of halogens is 2. The second-order valence-electron chi connectivity index (χ2n) is 2.18. The van der Waals surface area contributed by atoms with E-state index in [-0.39, 0.29) is 0 Å². The zero-order chi connectivity index (χ0) is 7.12. The molecule has 1 aliphatic rings. The molecule has 1 nitrogen and oxygen atoms in total. The maximum absolute atomic E-state index is 5.73. The van der Waals surface area contributed by atoms with Crippen LogP contribution in [-0.2, 0) is 4.74 Å². The molecule has 52 valence electrons. The van der Waals surface area contributed by atoms with Gasteiger partial charge in [0.2, 0.25) is 0 Å². The summed E-state index contributed by atoms with van der Waals surface area (Å²) in [6.45, 7) is 3.57. The Morgan fingerprint density at radius 1 is 1.67 bits per heavy atom. The van der Waals surface area contributed by atoms with Crippen LogP contribution >= 0.6 is 23.2 Å². The normalized spacial score (nSPS) is 38.1. The molecular formula is C6H8Cl2O. The summed E-state index contributed by atoms with van der Waals surface area (Å²) in [5.41, 5.74) is -0.476. The van der Waals surface area contributed by atoms with Crippen LogP contribution in [0.25, 0.3) is 0 Å². The summed E-state index contributed by atoms with van der Waals surface area (Å²) in [5, 5.41) is 0. The first-order valence-corrected chi connectivity index (χ1v) is 3.40. The van der Waals surface area contributed by atoms with E-state index < -0.39 is 9.93 Å². The third-order valence-electron chi connectivity index (χ3n) is 1.67. The fourth-order valence-electron chi connectivity index (χ4n) is 0.812. The summed E-state index contributed by atoms with van der Waals surface area (Å²) in [6.07, 6.45) is 2.29. The van der Waals surface area contributed by atoms with Crippen LogP contribution in [0.1, 0.15) is 6.42 Å². The fourth-order valence-corrected chi connectivity index (χ4v) is 1.52. The molecule has 1 rings (SSSR count). The minimum Gasteiger partial charge on any atom is -0.371 e. The van der Waals surface area contributed by atoms with Gasteiger partial charge in [0.15, 0.2) is 4.33 Å². The summed E-state index contributed by atoms with van der Waals surface area (Å²) < 4.78 is 4.30. The molecule has 0 aliphatic heterocycles. The van der Waals surface area contributed by atoms with Crippen molar-refractivity contribution < 1.29 is 4.74 Å². The van der Waals surface area contributed by atoms with E-state index in [1.165, 1.54) is 0 Å². The number of methoxy groups -OCH3 is 1. The smallest absolute Gasteiger partial charge is 0.153 e. The molecule has 1 fully saturated rings. The highest BCUT2D eigenvalue weighted by Gasteiger charge is 2.65. The lowest BCUT2D eigenvalue weighted by atomic mass is 10.3. The molecule has 0 bridgehead atoms. The summed E-state index contributed by atoms with van der Waals surface area (Å²) in [4.78, 5) is 0. The highest BCUT2D eigenvalue weighted by atomic mass is 35.5. The number of hydrogen-bond acceptors (Lipinski definition) is 1. The molecule has 0 amide bonds. The molecule has 0 heterocycles. The molecule has 1 aliphatic carbocycles. The molecule has 1 saturated carbocycles. The Morgan fingerprint density at radius 3 is 2.11 bits per heavy atom. The van der Waals surface area contributed by atoms with Crippen molar-refractivity contribution >= 4 is 23.2 Å². The van der Waals surface area contributed by atoms with Gasteiger partial charge in [0.25, 0.3) is 0 Å². The molecule has 0 spiro atoms. The zero-order valence-corrected chi connectivity index (χ0v) is 6.67. The van der Waals surface area contributed by atoms with Gasteiger partial charge in [-0.25, -0.2) is 0 Å². The molecule has 0 N–H and O–H groups in total. The molecule has 0 saturated heterocycles. The summed E-state index contributed by atoms with van der Waals surface area (Å²) in [7, 11) is 1.58. The van der Waals surface area contributed by atoms with Gasteiger partial charge in [0.1, 0.15) is 5.60 Å². The van der Waals surface area contributed by atoms with Gasteiger partial charge in [-0.05, 0) is 0 Å². The summed E-state index contributed by atoms with van der Waals surface area (Å²) in [5.74, 6) is 0. The highest BCUT2D eigenvalue weighted by Crippen LogP contribution is 2.59. The van der Waals surface area contributed by atoms with Gasteiger partial charge in [0, 0.05) is 13.5 Å². The third kappa shape index (κ3) is 0.878. The van der Waals surface area contributed by atoms with E-state index in [1.54, 1.807) is 13.2 Å². The number of hydrogen-bond donors (Lipinski definition) is 0. The third-order valence-corrected chi connectivity index (χ3v) is 2.58. The van der Waals surface area contributed by atoms with Crippen molar-refractivity contribution in [3.63, 3.8) is 0 Å². The maximum Gasteiger partial charge on any atom is 0.153 e. The van der Waals surface area contributed by atoms with Gasteiger partial charge >= 0.3 is 0 Å². The van der Waals surface area contributed by atoms with Crippen molar-refractivity contribution in [3.8, 4) is 0 Å². The standard InChI is InChI=1S/C6H8Cl2O/c1-3-5(9-2)4-6(5,7)8/h3H,1,4H2,2H3. The Balaban J connectivity index is 2.68. The average Bonchev–Trinajstić information content (AvgIpc) is 2.35. The van der Waals surface area contributed by atoms with Crippen LogP contribution in [0.15, 0.2) is 12.7 Å². The van der Waals surface area contributed by atoms with Crippen LogP contribution in [0.3, 0.4) is 0 Å². The van der Waals surface area contributed by atoms with E-state index >= 15 is 0 Å². The number of ether oxygens (including phenoxy) is 1. The minimum absolute atomic E-state index is 0.476. The van der Waals surface area contributed by atoms with Gasteiger partial charge in [-0.15, -0.1) is 6.58 Å². The van der Waals surface area contributed by atoms with Crippen LogP contribution < -0.4 is 0 Å². The molecule has 0 radical (unpaired) electrons. The molecule has 9 heavy (non-hydrogen) atoms. The molecular weight excluding hydrogens is 159 g/mol. The fraction of sp³-hybridized carbons (Fsp3) is 0.667. The second kappa shape index (κ2) is 1.88. The van der Waals surface area contributed by atoms with Gasteiger partial charge in [0.05, 0.1) is 0 Å². The van der Waals surface area contributed by atoms with Gasteiger partial charge < -0.3 is 4.74 Å². The van der Waals surface area contributed by atoms with Crippen LogP contribution in [0.4, 0.5) is 0 Å². The predicted octanol–water partition coefficient (Wildman–Crippen LogP) is 2.14. The molecule has 1 unspecified atom stereocenters. The quantitative estimate of drug-likeness (QED) is 0.452. The first-order chi connectivity index (χ1) is 4.08. The Bertz CT molecular complexity index is 144. The van der Waals surface area contributed by atoms with E-state index in [2.05, 4.69) is 6.58 Å². The first-order valence-electron chi connectivity index (χ1n) is 2.64. The Hall–Kier alpha value is 0.280. The highest BCUT2D eigenvalue weighted by molar-refractivity contribution is 6.52. The number of rotatable bonds is 2. The lowest BCUT2D eigenvalue weighted by Crippen LogP contribution is -2.15. The van der Waals surface area contributed by atoms with Crippen molar-refractivity contribution in [2.45, 2.75) is 16.4 Å². The monoisotopic (exact) mass is 166 g/mol. The summed E-state index contributed by atoms with van der Waals surface area (Å²) >= 11 is 11.5. The Kier molecular flexibility index (Phi) is 1.54. The lowest BCUT2D eigenvalue weighted by Gasteiger charge is -2.08. The van der Waals surface area contributed by atoms with Crippen LogP contribution in [0.2, 0.25) is 0 Å². The predicted molar refractivity (Wildman–Crippen MR) is 39.0 cm³/mol. The zero-order valence-electron chi connectivity index (χ0n) is 5.16. The Labute approximate surface area is 64.6 Å². The molecule has 0 aromatic carbocycles. The SMILES string of the molecule is C=CC1(OC)CC1(Cl)Cl. The molecule has 3 heteroatoms. The van der Waals surface area contributed by atoms with Crippen LogP contribution in [0, 0.1) is 0 Å². The van der Waals surface area contributed by atoms with Crippen molar-refractivity contribution in [2.75, 3.05) is 7.11 Å². The van der Waals surface area contributed by atoms with E-state index in [0.29, 0.717) is 6.42 Å². The van der Waals surface area contributed by atoms with E-state index in [4.69, 9.17) is 27.9 Å². The summed E-state index contributed by atoms with van der Waals surface area (Å²) in [6, 6.07) is 0.